The number of carbonyl (C=O) groups is 1. The maximum Gasteiger partial charge on any atom is 0.246 e. The Morgan fingerprint density at radius 3 is 2.29 bits per heavy atom. The van der Waals surface area contributed by atoms with Crippen LogP contribution in [0.4, 0.5) is 5.69 Å². The summed E-state index contributed by atoms with van der Waals surface area (Å²) in [5, 5.41) is 0.506. The SMILES string of the molecule is COc1ccc(CN(C)C(=O)[C@@H](C)N(c2cc(Cl)ccc2Cl)S(C)(=O)=O)cc1. The maximum atomic E-state index is 12.9. The van der Waals surface area contributed by atoms with Crippen LogP contribution in [-0.2, 0) is 21.4 Å². The van der Waals surface area contributed by atoms with E-state index in [4.69, 9.17) is 27.9 Å². The van der Waals surface area contributed by atoms with Crippen LogP contribution in [0.2, 0.25) is 10.0 Å². The second kappa shape index (κ2) is 9.03. The number of carbonyl (C=O) groups excluding carboxylic acids is 1. The van der Waals surface area contributed by atoms with E-state index in [1.54, 1.807) is 32.4 Å². The Labute approximate surface area is 175 Å². The van der Waals surface area contributed by atoms with Crippen LogP contribution in [0, 0.1) is 0 Å². The molecule has 2 aromatic rings. The molecule has 0 N–H and O–H groups in total. The van der Waals surface area contributed by atoms with Gasteiger partial charge in [0.05, 0.1) is 24.1 Å². The van der Waals surface area contributed by atoms with Gasteiger partial charge in [-0.15, -0.1) is 0 Å². The van der Waals surface area contributed by atoms with Gasteiger partial charge in [0.1, 0.15) is 11.8 Å². The molecule has 152 valence electrons. The zero-order valence-electron chi connectivity index (χ0n) is 16.0. The Morgan fingerprint density at radius 1 is 1.14 bits per heavy atom. The number of anilines is 1. The van der Waals surface area contributed by atoms with Crippen molar-refractivity contribution in [2.45, 2.75) is 19.5 Å². The minimum atomic E-state index is -3.79. The lowest BCUT2D eigenvalue weighted by molar-refractivity contribution is -0.131. The Hall–Kier alpha value is -1.96. The molecular weight excluding hydrogens is 423 g/mol. The van der Waals surface area contributed by atoms with Gasteiger partial charge in [0.2, 0.25) is 15.9 Å². The molecule has 0 aromatic heterocycles. The highest BCUT2D eigenvalue weighted by Crippen LogP contribution is 2.32. The van der Waals surface area contributed by atoms with Gasteiger partial charge < -0.3 is 9.64 Å². The smallest absolute Gasteiger partial charge is 0.246 e. The summed E-state index contributed by atoms with van der Waals surface area (Å²) in [6, 6.07) is 10.8. The Bertz CT molecular complexity index is 949. The third kappa shape index (κ3) is 5.31. The lowest BCUT2D eigenvalue weighted by Gasteiger charge is -2.31. The highest BCUT2D eigenvalue weighted by atomic mass is 35.5. The number of hydrogen-bond donors (Lipinski definition) is 0. The van der Waals surface area contributed by atoms with Gasteiger partial charge in [-0.3, -0.25) is 9.10 Å². The van der Waals surface area contributed by atoms with Gasteiger partial charge in [-0.2, -0.15) is 0 Å². The van der Waals surface area contributed by atoms with E-state index >= 15 is 0 Å². The first-order valence-electron chi connectivity index (χ1n) is 8.37. The molecule has 0 aliphatic rings. The van der Waals surface area contributed by atoms with Crippen LogP contribution in [0.1, 0.15) is 12.5 Å². The fourth-order valence-electron chi connectivity index (χ4n) is 2.83. The summed E-state index contributed by atoms with van der Waals surface area (Å²) >= 11 is 12.2. The number of hydrogen-bond acceptors (Lipinski definition) is 4. The van der Waals surface area contributed by atoms with Crippen LogP contribution in [0.3, 0.4) is 0 Å². The van der Waals surface area contributed by atoms with Gasteiger partial charge in [-0.05, 0) is 42.8 Å². The van der Waals surface area contributed by atoms with Crippen molar-refractivity contribution in [2.75, 3.05) is 24.7 Å². The van der Waals surface area contributed by atoms with Gasteiger partial charge in [-0.1, -0.05) is 35.3 Å². The van der Waals surface area contributed by atoms with Gasteiger partial charge in [0.15, 0.2) is 0 Å². The number of amides is 1. The van der Waals surface area contributed by atoms with Crippen molar-refractivity contribution in [1.29, 1.82) is 0 Å². The van der Waals surface area contributed by atoms with Crippen molar-refractivity contribution in [3.63, 3.8) is 0 Å². The standard InChI is InChI=1S/C19H22Cl2N2O4S/c1-13(19(24)22(2)12-14-5-8-16(27-3)9-6-14)23(28(4,25)26)18-11-15(20)7-10-17(18)21/h5-11,13H,12H2,1-4H3/t13-/m1/s1. The molecule has 28 heavy (non-hydrogen) atoms. The van der Waals surface area contributed by atoms with E-state index in [0.717, 1.165) is 16.1 Å². The second-order valence-corrected chi connectivity index (χ2v) is 9.08. The molecule has 0 bridgehead atoms. The van der Waals surface area contributed by atoms with Crippen molar-refractivity contribution < 1.29 is 17.9 Å². The molecule has 0 aliphatic carbocycles. The van der Waals surface area contributed by atoms with E-state index in [-0.39, 0.29) is 16.6 Å². The highest BCUT2D eigenvalue weighted by Gasteiger charge is 2.32. The molecule has 0 heterocycles. The molecule has 0 spiro atoms. The molecule has 9 heteroatoms. The van der Waals surface area contributed by atoms with Crippen LogP contribution in [0.25, 0.3) is 0 Å². The third-order valence-corrected chi connectivity index (χ3v) is 5.95. The van der Waals surface area contributed by atoms with Crippen LogP contribution in [0.15, 0.2) is 42.5 Å². The van der Waals surface area contributed by atoms with Crippen molar-refractivity contribution in [1.82, 2.24) is 4.90 Å². The number of nitrogens with zero attached hydrogens (tertiary/aromatic N) is 2. The number of rotatable bonds is 7. The zero-order valence-corrected chi connectivity index (χ0v) is 18.3. The molecule has 1 atom stereocenters. The molecule has 0 unspecified atom stereocenters. The quantitative estimate of drug-likeness (QED) is 0.650. The first kappa shape index (κ1) is 22.3. The average molecular weight is 445 g/mol. The van der Waals surface area contributed by atoms with E-state index in [0.29, 0.717) is 17.3 Å². The minimum absolute atomic E-state index is 0.162. The van der Waals surface area contributed by atoms with Gasteiger partial charge in [0, 0.05) is 18.6 Å². The Morgan fingerprint density at radius 2 is 1.75 bits per heavy atom. The molecule has 1 amide bonds. The van der Waals surface area contributed by atoms with Crippen LogP contribution in [0.5, 0.6) is 5.75 Å². The second-order valence-electron chi connectivity index (χ2n) is 6.37. The molecule has 0 fully saturated rings. The molecule has 2 aromatic carbocycles. The maximum absolute atomic E-state index is 12.9. The summed E-state index contributed by atoms with van der Waals surface area (Å²) in [6.45, 7) is 1.83. The van der Waals surface area contributed by atoms with Crippen LogP contribution >= 0.6 is 23.2 Å². The molecule has 0 radical (unpaired) electrons. The lowest BCUT2D eigenvalue weighted by atomic mass is 10.2. The Balaban J connectivity index is 2.28. The van der Waals surface area contributed by atoms with E-state index in [1.807, 2.05) is 12.1 Å². The van der Waals surface area contributed by atoms with Crippen LogP contribution in [-0.4, -0.2) is 45.7 Å². The summed E-state index contributed by atoms with van der Waals surface area (Å²) in [6.07, 6.45) is 1.03. The molecule has 0 saturated heterocycles. The first-order chi connectivity index (χ1) is 13.0. The normalized spacial score (nSPS) is 12.4. The van der Waals surface area contributed by atoms with E-state index in [1.165, 1.54) is 24.0 Å². The first-order valence-corrected chi connectivity index (χ1v) is 11.0. The van der Waals surface area contributed by atoms with E-state index in [2.05, 4.69) is 0 Å². The third-order valence-electron chi connectivity index (χ3n) is 4.17. The van der Waals surface area contributed by atoms with Crippen molar-refractivity contribution in [2.24, 2.45) is 0 Å². The summed E-state index contributed by atoms with van der Waals surface area (Å²) < 4.78 is 31.0. The minimum Gasteiger partial charge on any atom is -0.497 e. The number of methoxy groups -OCH3 is 1. The number of likely N-dealkylation sites (N-methyl/N-ethyl adjacent to an activating group) is 1. The van der Waals surface area contributed by atoms with Crippen molar-refractivity contribution in [3.05, 3.63) is 58.1 Å². The monoisotopic (exact) mass is 444 g/mol. The Kier molecular flexibility index (Phi) is 7.20. The van der Waals surface area contributed by atoms with Crippen molar-refractivity contribution in [3.8, 4) is 5.75 Å². The fourth-order valence-corrected chi connectivity index (χ4v) is 4.43. The lowest BCUT2D eigenvalue weighted by Crippen LogP contribution is -2.48. The largest absolute Gasteiger partial charge is 0.497 e. The molecular formula is C19H22Cl2N2O4S. The van der Waals surface area contributed by atoms with Crippen LogP contribution < -0.4 is 9.04 Å². The number of ether oxygens (including phenoxy) is 1. The van der Waals surface area contributed by atoms with Crippen molar-refractivity contribution >= 4 is 44.8 Å². The average Bonchev–Trinajstić information content (AvgIpc) is 2.63. The number of halogens is 2. The van der Waals surface area contributed by atoms with E-state index in [9.17, 15) is 13.2 Å². The molecule has 0 aliphatic heterocycles. The summed E-state index contributed by atoms with van der Waals surface area (Å²) in [5.74, 6) is 0.335. The fraction of sp³-hybridized carbons (Fsp3) is 0.316. The van der Waals surface area contributed by atoms with E-state index < -0.39 is 16.1 Å². The zero-order chi connectivity index (χ0) is 21.1. The predicted molar refractivity (Wildman–Crippen MR) is 113 cm³/mol. The highest BCUT2D eigenvalue weighted by molar-refractivity contribution is 7.92. The summed E-state index contributed by atoms with van der Waals surface area (Å²) in [7, 11) is -0.600. The topological polar surface area (TPSA) is 66.9 Å². The number of benzene rings is 2. The summed E-state index contributed by atoms with van der Waals surface area (Å²) in [5.41, 5.74) is 1.05. The molecule has 2 rings (SSSR count). The van der Waals surface area contributed by atoms with Gasteiger partial charge in [0.25, 0.3) is 0 Å². The molecule has 0 saturated carbocycles. The molecule has 6 nitrogen and oxygen atoms in total. The van der Waals surface area contributed by atoms with Gasteiger partial charge in [-0.25, -0.2) is 8.42 Å². The predicted octanol–water partition coefficient (Wildman–Crippen LogP) is 3.82. The number of sulfonamides is 1. The van der Waals surface area contributed by atoms with Gasteiger partial charge >= 0.3 is 0 Å². The summed E-state index contributed by atoms with van der Waals surface area (Å²) in [4.78, 5) is 14.4.